The Kier molecular flexibility index (Phi) is 2.75. The van der Waals surface area contributed by atoms with E-state index in [1.54, 1.807) is 18.5 Å². The highest BCUT2D eigenvalue weighted by Crippen LogP contribution is 2.24. The first-order chi connectivity index (χ1) is 9.13. The van der Waals surface area contributed by atoms with Gasteiger partial charge in [-0.25, -0.2) is 4.98 Å². The molecule has 19 heavy (non-hydrogen) atoms. The van der Waals surface area contributed by atoms with Crippen LogP contribution in [-0.2, 0) is 0 Å². The summed E-state index contributed by atoms with van der Waals surface area (Å²) in [6.45, 7) is 0. The summed E-state index contributed by atoms with van der Waals surface area (Å²) in [4.78, 5) is 21.8. The molecule has 0 aliphatic heterocycles. The van der Waals surface area contributed by atoms with Crippen LogP contribution in [0.25, 0.3) is 22.4 Å². The molecule has 0 saturated heterocycles. The highest BCUT2D eigenvalue weighted by Gasteiger charge is 2.10. The van der Waals surface area contributed by atoms with Crippen LogP contribution in [0.3, 0.4) is 0 Å². The fraction of sp³-hybridized carbons (Fsp3) is 0. The first-order valence-electron chi connectivity index (χ1n) is 5.38. The molecule has 0 bridgehead atoms. The molecule has 0 spiro atoms. The number of aromatic nitrogens is 3. The number of H-pyrrole nitrogens is 1. The summed E-state index contributed by atoms with van der Waals surface area (Å²) in [5, 5.41) is 10.7. The zero-order valence-corrected chi connectivity index (χ0v) is 11.1. The van der Waals surface area contributed by atoms with Crippen molar-refractivity contribution in [1.29, 1.82) is 0 Å². The van der Waals surface area contributed by atoms with Gasteiger partial charge in [0.25, 0.3) is 5.69 Å². The number of non-ortho nitro benzene ring substituents is 1. The Bertz CT molecular complexity index is 784. The number of fused-ring (bicyclic) bond motifs is 1. The van der Waals surface area contributed by atoms with Gasteiger partial charge in [-0.05, 0) is 28.1 Å². The maximum Gasteiger partial charge on any atom is 0.271 e. The molecule has 0 unspecified atom stereocenters. The predicted molar refractivity (Wildman–Crippen MR) is 73.7 cm³/mol. The Hall–Kier alpha value is -2.28. The maximum atomic E-state index is 10.7. The Morgan fingerprint density at radius 3 is 2.84 bits per heavy atom. The minimum atomic E-state index is -0.430. The first kappa shape index (κ1) is 11.8. The van der Waals surface area contributed by atoms with Gasteiger partial charge >= 0.3 is 0 Å². The number of imidazole rings is 1. The van der Waals surface area contributed by atoms with Crippen LogP contribution in [0.1, 0.15) is 0 Å². The highest BCUT2D eigenvalue weighted by molar-refractivity contribution is 9.10. The Labute approximate surface area is 115 Å². The summed E-state index contributed by atoms with van der Waals surface area (Å²) in [5.41, 5.74) is 2.16. The average Bonchev–Trinajstić information content (AvgIpc) is 2.81. The van der Waals surface area contributed by atoms with Crippen LogP contribution in [0.4, 0.5) is 5.69 Å². The van der Waals surface area contributed by atoms with E-state index in [1.165, 1.54) is 12.1 Å². The van der Waals surface area contributed by atoms with Gasteiger partial charge in [0.2, 0.25) is 0 Å². The topological polar surface area (TPSA) is 84.7 Å². The summed E-state index contributed by atoms with van der Waals surface area (Å²) >= 11 is 3.34. The summed E-state index contributed by atoms with van der Waals surface area (Å²) in [7, 11) is 0. The summed E-state index contributed by atoms with van der Waals surface area (Å²) in [6.07, 6.45) is 3.36. The molecular formula is C12H7BrN4O2. The quantitative estimate of drug-likeness (QED) is 0.580. The molecule has 0 radical (unpaired) electrons. The van der Waals surface area contributed by atoms with Crippen molar-refractivity contribution in [3.8, 4) is 11.4 Å². The zero-order valence-electron chi connectivity index (χ0n) is 9.50. The molecule has 7 heteroatoms. The van der Waals surface area contributed by atoms with Crippen molar-refractivity contribution >= 4 is 32.7 Å². The van der Waals surface area contributed by atoms with E-state index in [2.05, 4.69) is 30.9 Å². The molecule has 3 rings (SSSR count). The number of nitrogens with one attached hydrogen (secondary N) is 1. The third-order valence-corrected chi connectivity index (χ3v) is 3.09. The van der Waals surface area contributed by atoms with Crippen LogP contribution in [0, 0.1) is 10.1 Å². The van der Waals surface area contributed by atoms with E-state index >= 15 is 0 Å². The Morgan fingerprint density at radius 2 is 2.11 bits per heavy atom. The second-order valence-electron chi connectivity index (χ2n) is 3.94. The molecule has 0 aliphatic carbocycles. The third kappa shape index (κ3) is 2.19. The van der Waals surface area contributed by atoms with Gasteiger partial charge in [0.15, 0.2) is 0 Å². The number of aromatic amines is 1. The number of hydrogen-bond donors (Lipinski definition) is 1. The largest absolute Gasteiger partial charge is 0.338 e. The van der Waals surface area contributed by atoms with Gasteiger partial charge in [-0.1, -0.05) is 0 Å². The number of nitrogens with zero attached hydrogens (tertiary/aromatic N) is 3. The lowest BCUT2D eigenvalue weighted by Gasteiger charge is -1.95. The van der Waals surface area contributed by atoms with E-state index in [4.69, 9.17) is 0 Å². The number of rotatable bonds is 2. The van der Waals surface area contributed by atoms with Gasteiger partial charge in [-0.2, -0.15) is 0 Å². The van der Waals surface area contributed by atoms with Crippen LogP contribution in [0.2, 0.25) is 0 Å². The molecule has 3 aromatic rings. The minimum Gasteiger partial charge on any atom is -0.338 e. The number of hydrogen-bond acceptors (Lipinski definition) is 4. The summed E-state index contributed by atoms with van der Waals surface area (Å²) in [5.74, 6) is 0.629. The van der Waals surface area contributed by atoms with Gasteiger partial charge in [0, 0.05) is 34.6 Å². The monoisotopic (exact) mass is 318 g/mol. The zero-order chi connectivity index (χ0) is 13.4. The lowest BCUT2D eigenvalue weighted by atomic mass is 10.3. The van der Waals surface area contributed by atoms with Gasteiger partial charge in [-0.3, -0.25) is 15.1 Å². The third-order valence-electron chi connectivity index (χ3n) is 2.65. The minimum absolute atomic E-state index is 0.0371. The molecule has 0 fully saturated rings. The van der Waals surface area contributed by atoms with Gasteiger partial charge in [0.05, 0.1) is 16.0 Å². The second kappa shape index (κ2) is 4.43. The van der Waals surface area contributed by atoms with Gasteiger partial charge < -0.3 is 4.98 Å². The van der Waals surface area contributed by atoms with Crippen molar-refractivity contribution < 1.29 is 4.92 Å². The highest BCUT2D eigenvalue weighted by atomic mass is 79.9. The number of benzene rings is 1. The standard InChI is InChI=1S/C12H7BrN4O2/c13-8-3-7(5-14-6-8)12-15-10-2-1-9(17(18)19)4-11(10)16-12/h1-6H,(H,15,16). The normalized spacial score (nSPS) is 10.8. The second-order valence-corrected chi connectivity index (χ2v) is 4.85. The molecule has 1 aromatic carbocycles. The maximum absolute atomic E-state index is 10.7. The van der Waals surface area contributed by atoms with Crippen LogP contribution in [0.5, 0.6) is 0 Å². The van der Waals surface area contributed by atoms with E-state index in [9.17, 15) is 10.1 Å². The molecule has 1 N–H and O–H groups in total. The fourth-order valence-corrected chi connectivity index (χ4v) is 2.15. The SMILES string of the molecule is O=[N+]([O-])c1ccc2nc(-c3cncc(Br)c3)[nH]c2c1. The molecular weight excluding hydrogens is 312 g/mol. The summed E-state index contributed by atoms with van der Waals surface area (Å²) in [6, 6.07) is 6.40. The lowest BCUT2D eigenvalue weighted by Crippen LogP contribution is -1.86. The van der Waals surface area contributed by atoms with Crippen molar-refractivity contribution in [2.45, 2.75) is 0 Å². The van der Waals surface area contributed by atoms with E-state index in [1.807, 2.05) is 6.07 Å². The molecule has 0 saturated carbocycles. The van der Waals surface area contributed by atoms with E-state index in [0.717, 1.165) is 10.0 Å². The summed E-state index contributed by atoms with van der Waals surface area (Å²) < 4.78 is 0.844. The lowest BCUT2D eigenvalue weighted by molar-refractivity contribution is -0.384. The Morgan fingerprint density at radius 1 is 1.26 bits per heavy atom. The number of pyridine rings is 1. The average molecular weight is 319 g/mol. The molecule has 94 valence electrons. The molecule has 0 aliphatic rings. The number of nitro groups is 1. The van der Waals surface area contributed by atoms with Crippen molar-refractivity contribution in [1.82, 2.24) is 15.0 Å². The first-order valence-corrected chi connectivity index (χ1v) is 6.18. The van der Waals surface area contributed by atoms with Crippen LogP contribution in [-0.4, -0.2) is 19.9 Å². The molecule has 0 atom stereocenters. The van der Waals surface area contributed by atoms with Crippen LogP contribution < -0.4 is 0 Å². The van der Waals surface area contributed by atoms with Crippen molar-refractivity contribution in [2.75, 3.05) is 0 Å². The van der Waals surface area contributed by atoms with Crippen LogP contribution >= 0.6 is 15.9 Å². The van der Waals surface area contributed by atoms with Crippen molar-refractivity contribution in [3.05, 3.63) is 51.2 Å². The number of nitro benzene ring substituents is 1. The van der Waals surface area contributed by atoms with Crippen molar-refractivity contribution in [2.24, 2.45) is 0 Å². The number of halogens is 1. The smallest absolute Gasteiger partial charge is 0.271 e. The van der Waals surface area contributed by atoms with Crippen LogP contribution in [0.15, 0.2) is 41.1 Å². The van der Waals surface area contributed by atoms with Gasteiger partial charge in [0.1, 0.15) is 5.82 Å². The fourth-order valence-electron chi connectivity index (χ4n) is 1.79. The van der Waals surface area contributed by atoms with Crippen molar-refractivity contribution in [3.63, 3.8) is 0 Å². The molecule has 0 amide bonds. The molecule has 2 aromatic heterocycles. The van der Waals surface area contributed by atoms with E-state index in [-0.39, 0.29) is 5.69 Å². The molecule has 2 heterocycles. The van der Waals surface area contributed by atoms with E-state index in [0.29, 0.717) is 16.9 Å². The Balaban J connectivity index is 2.14. The predicted octanol–water partition coefficient (Wildman–Crippen LogP) is 3.30. The molecule has 6 nitrogen and oxygen atoms in total. The van der Waals surface area contributed by atoms with E-state index < -0.39 is 4.92 Å². The van der Waals surface area contributed by atoms with Gasteiger partial charge in [-0.15, -0.1) is 0 Å².